The molecule has 0 bridgehead atoms. The number of amides is 1. The Bertz CT molecular complexity index is 882. The molecule has 0 saturated heterocycles. The number of alkyl carbamates (subject to hydrolysis) is 1. The van der Waals surface area contributed by atoms with E-state index in [1.165, 1.54) is 11.3 Å². The van der Waals surface area contributed by atoms with Crippen molar-refractivity contribution in [3.05, 3.63) is 88.4 Å². The summed E-state index contributed by atoms with van der Waals surface area (Å²) in [5, 5.41) is 13.7. The molecule has 0 unspecified atom stereocenters. The zero-order valence-corrected chi connectivity index (χ0v) is 18.7. The van der Waals surface area contributed by atoms with Crippen LogP contribution in [0.5, 0.6) is 0 Å². The van der Waals surface area contributed by atoms with Gasteiger partial charge in [-0.1, -0.05) is 60.7 Å². The number of aliphatic hydroxyl groups excluding tert-OH is 1. The number of aromatic nitrogens is 1. The highest BCUT2D eigenvalue weighted by Gasteiger charge is 2.24. The van der Waals surface area contributed by atoms with E-state index in [0.717, 1.165) is 16.0 Å². The Hall–Kier alpha value is -2.45. The van der Waals surface area contributed by atoms with Gasteiger partial charge in [-0.05, 0) is 30.4 Å². The van der Waals surface area contributed by atoms with Gasteiger partial charge in [0, 0.05) is 12.2 Å². The van der Waals surface area contributed by atoms with Crippen LogP contribution in [-0.2, 0) is 24.2 Å². The van der Waals surface area contributed by atoms with Gasteiger partial charge >= 0.3 is 6.09 Å². The van der Waals surface area contributed by atoms with Crippen LogP contribution in [-0.4, -0.2) is 34.4 Å². The Morgan fingerprint density at radius 2 is 1.68 bits per heavy atom. The van der Waals surface area contributed by atoms with Gasteiger partial charge in [-0.2, -0.15) is 0 Å². The Kier molecular flexibility index (Phi) is 10.5. The SMILES string of the molecule is Cl.N[C@@H](Cc1ccccc1)C[C@@H](O)[C@H](Cc1ccccc1)NC(=O)OCc1cncs1. The molecule has 0 radical (unpaired) electrons. The predicted molar refractivity (Wildman–Crippen MR) is 125 cm³/mol. The highest BCUT2D eigenvalue weighted by molar-refractivity contribution is 7.09. The van der Waals surface area contributed by atoms with E-state index in [4.69, 9.17) is 10.5 Å². The smallest absolute Gasteiger partial charge is 0.407 e. The molecule has 0 aliphatic carbocycles. The number of thiazole rings is 1. The van der Waals surface area contributed by atoms with Crippen molar-refractivity contribution in [2.75, 3.05) is 0 Å². The van der Waals surface area contributed by atoms with Crippen LogP contribution in [0.15, 0.2) is 72.4 Å². The molecule has 4 N–H and O–H groups in total. The highest BCUT2D eigenvalue weighted by Crippen LogP contribution is 2.13. The Morgan fingerprint density at radius 1 is 1.06 bits per heavy atom. The maximum absolute atomic E-state index is 12.3. The molecule has 0 spiro atoms. The van der Waals surface area contributed by atoms with Crippen LogP contribution in [0.25, 0.3) is 0 Å². The molecule has 8 heteroatoms. The number of aliphatic hydroxyl groups is 1. The minimum absolute atomic E-state index is 0. The lowest BCUT2D eigenvalue weighted by Crippen LogP contribution is -2.47. The van der Waals surface area contributed by atoms with Crippen molar-refractivity contribution in [3.8, 4) is 0 Å². The molecule has 0 aliphatic heterocycles. The number of nitrogens with one attached hydrogen (secondary N) is 1. The quantitative estimate of drug-likeness (QED) is 0.427. The number of hydrogen-bond donors (Lipinski definition) is 3. The van der Waals surface area contributed by atoms with Crippen molar-refractivity contribution in [3.63, 3.8) is 0 Å². The first kappa shape index (κ1) is 24.8. The summed E-state index contributed by atoms with van der Waals surface area (Å²) < 4.78 is 5.28. The van der Waals surface area contributed by atoms with Gasteiger partial charge in [0.2, 0.25) is 0 Å². The molecule has 1 amide bonds. The molecule has 0 saturated carbocycles. The minimum atomic E-state index is -0.806. The highest BCUT2D eigenvalue weighted by atomic mass is 35.5. The van der Waals surface area contributed by atoms with E-state index >= 15 is 0 Å². The summed E-state index contributed by atoms with van der Waals surface area (Å²) in [6.45, 7) is 0.151. The van der Waals surface area contributed by atoms with Gasteiger partial charge in [-0.3, -0.25) is 4.98 Å². The zero-order chi connectivity index (χ0) is 21.2. The Morgan fingerprint density at radius 3 is 2.26 bits per heavy atom. The number of ether oxygens (including phenoxy) is 1. The van der Waals surface area contributed by atoms with Crippen LogP contribution in [0.2, 0.25) is 0 Å². The van der Waals surface area contributed by atoms with E-state index in [-0.39, 0.29) is 25.1 Å². The monoisotopic (exact) mass is 461 g/mol. The molecule has 0 fully saturated rings. The molecule has 6 nitrogen and oxygen atoms in total. The summed E-state index contributed by atoms with van der Waals surface area (Å²) in [5.74, 6) is 0. The number of nitrogens with two attached hydrogens (primary N) is 1. The maximum atomic E-state index is 12.3. The summed E-state index contributed by atoms with van der Waals surface area (Å²) in [6, 6.07) is 18.9. The van der Waals surface area contributed by atoms with Gasteiger partial charge in [-0.25, -0.2) is 4.79 Å². The standard InChI is InChI=1S/C23H27N3O3S.ClH/c24-19(11-17-7-3-1-4-8-17)13-22(27)21(12-18-9-5-2-6-10-18)26-23(28)29-15-20-14-25-16-30-20;/h1-10,14,16,19,21-22,27H,11-13,15,24H2,(H,26,28);1H/t19-,21-,22+;/m0./s1. The molecule has 166 valence electrons. The second kappa shape index (κ2) is 13.1. The number of carbonyl (C=O) groups is 1. The fraction of sp³-hybridized carbons (Fsp3) is 0.304. The molecular weight excluding hydrogens is 434 g/mol. The fourth-order valence-corrected chi connectivity index (χ4v) is 3.77. The molecule has 1 heterocycles. The Balaban J connectivity index is 0.00000341. The fourth-order valence-electron chi connectivity index (χ4n) is 3.27. The van der Waals surface area contributed by atoms with E-state index in [1.807, 2.05) is 60.7 Å². The van der Waals surface area contributed by atoms with Gasteiger partial charge in [-0.15, -0.1) is 23.7 Å². The molecule has 3 atom stereocenters. The largest absolute Gasteiger partial charge is 0.444 e. The van der Waals surface area contributed by atoms with E-state index < -0.39 is 18.2 Å². The van der Waals surface area contributed by atoms with Gasteiger partial charge in [0.1, 0.15) is 6.61 Å². The molecular formula is C23H28ClN3O3S. The first-order valence-corrected chi connectivity index (χ1v) is 10.8. The normalized spacial score (nSPS) is 13.5. The summed E-state index contributed by atoms with van der Waals surface area (Å²) in [7, 11) is 0. The van der Waals surface area contributed by atoms with E-state index in [2.05, 4.69) is 10.3 Å². The third-order valence-electron chi connectivity index (χ3n) is 4.78. The van der Waals surface area contributed by atoms with E-state index in [1.54, 1.807) is 11.7 Å². The lowest BCUT2D eigenvalue weighted by Gasteiger charge is -2.26. The average Bonchev–Trinajstić information content (AvgIpc) is 3.27. The van der Waals surface area contributed by atoms with Crippen molar-refractivity contribution in [2.24, 2.45) is 5.73 Å². The molecule has 0 aliphatic rings. The van der Waals surface area contributed by atoms with Crippen molar-refractivity contribution in [1.29, 1.82) is 0 Å². The first-order valence-electron chi connectivity index (χ1n) is 9.92. The van der Waals surface area contributed by atoms with Crippen LogP contribution in [0.3, 0.4) is 0 Å². The first-order chi connectivity index (χ1) is 14.6. The van der Waals surface area contributed by atoms with Crippen molar-refractivity contribution < 1.29 is 14.6 Å². The summed E-state index contributed by atoms with van der Waals surface area (Å²) in [5.41, 5.74) is 10.1. The van der Waals surface area contributed by atoms with Gasteiger partial charge in [0.25, 0.3) is 0 Å². The van der Waals surface area contributed by atoms with Crippen LogP contribution in [0.4, 0.5) is 4.79 Å². The predicted octanol–water partition coefficient (Wildman–Crippen LogP) is 3.72. The molecule has 1 aromatic heterocycles. The third-order valence-corrected chi connectivity index (χ3v) is 5.53. The van der Waals surface area contributed by atoms with Crippen LogP contribution >= 0.6 is 23.7 Å². The van der Waals surface area contributed by atoms with Crippen LogP contribution in [0.1, 0.15) is 22.4 Å². The average molecular weight is 462 g/mol. The second-order valence-electron chi connectivity index (χ2n) is 7.24. The van der Waals surface area contributed by atoms with Crippen LogP contribution < -0.4 is 11.1 Å². The van der Waals surface area contributed by atoms with Gasteiger partial charge < -0.3 is 20.9 Å². The number of hydrogen-bond acceptors (Lipinski definition) is 6. The lowest BCUT2D eigenvalue weighted by molar-refractivity contribution is 0.0925. The maximum Gasteiger partial charge on any atom is 0.407 e. The van der Waals surface area contributed by atoms with Crippen LogP contribution in [0, 0.1) is 0 Å². The molecule has 31 heavy (non-hydrogen) atoms. The number of carbonyl (C=O) groups excluding carboxylic acids is 1. The second-order valence-corrected chi connectivity index (χ2v) is 8.21. The Labute approximate surface area is 192 Å². The summed E-state index contributed by atoms with van der Waals surface area (Å²) >= 11 is 1.42. The summed E-state index contributed by atoms with van der Waals surface area (Å²) in [4.78, 5) is 17.2. The van der Waals surface area contributed by atoms with Gasteiger partial charge in [0.05, 0.1) is 22.5 Å². The van der Waals surface area contributed by atoms with Crippen molar-refractivity contribution in [2.45, 2.75) is 44.1 Å². The van der Waals surface area contributed by atoms with Crippen molar-refractivity contribution >= 4 is 29.8 Å². The van der Waals surface area contributed by atoms with Gasteiger partial charge in [0.15, 0.2) is 0 Å². The number of rotatable bonds is 10. The third kappa shape index (κ3) is 8.67. The van der Waals surface area contributed by atoms with Crippen molar-refractivity contribution in [1.82, 2.24) is 10.3 Å². The number of nitrogens with zero attached hydrogens (tertiary/aromatic N) is 1. The minimum Gasteiger partial charge on any atom is -0.444 e. The molecule has 3 aromatic rings. The number of halogens is 1. The van der Waals surface area contributed by atoms with E-state index in [0.29, 0.717) is 19.3 Å². The summed E-state index contributed by atoms with van der Waals surface area (Å²) in [6.07, 6.45) is 1.79. The lowest BCUT2D eigenvalue weighted by atomic mass is 9.94. The molecule has 3 rings (SSSR count). The zero-order valence-electron chi connectivity index (χ0n) is 17.1. The number of benzene rings is 2. The topological polar surface area (TPSA) is 97.5 Å². The molecule has 2 aromatic carbocycles. The van der Waals surface area contributed by atoms with E-state index in [9.17, 15) is 9.90 Å².